The molecule has 0 aliphatic heterocycles. The van der Waals surface area contributed by atoms with Gasteiger partial charge in [-0.05, 0) is 44.4 Å². The molecule has 0 aliphatic rings. The highest BCUT2D eigenvalue weighted by Crippen LogP contribution is 2.26. The van der Waals surface area contributed by atoms with Crippen LogP contribution in [0.2, 0.25) is 0 Å². The molecule has 0 saturated heterocycles. The van der Waals surface area contributed by atoms with Gasteiger partial charge in [-0.15, -0.1) is 0 Å². The van der Waals surface area contributed by atoms with Gasteiger partial charge in [0.05, 0.1) is 18.4 Å². The molecule has 0 aromatic heterocycles. The number of aliphatic hydroxyl groups is 1. The van der Waals surface area contributed by atoms with Crippen molar-refractivity contribution in [1.29, 1.82) is 0 Å². The Kier molecular flexibility index (Phi) is 6.36. The Morgan fingerprint density at radius 1 is 1.47 bits per heavy atom. The summed E-state index contributed by atoms with van der Waals surface area (Å²) >= 11 is 0. The van der Waals surface area contributed by atoms with Gasteiger partial charge >= 0.3 is 0 Å². The maximum absolute atomic E-state index is 11.8. The molecule has 1 unspecified atom stereocenters. The van der Waals surface area contributed by atoms with E-state index in [1.165, 1.54) is 0 Å². The molecule has 0 fully saturated rings. The largest absolute Gasteiger partial charge is 0.491 e. The van der Waals surface area contributed by atoms with Crippen molar-refractivity contribution in [3.8, 4) is 5.75 Å². The van der Waals surface area contributed by atoms with Crippen LogP contribution in [-0.2, 0) is 4.79 Å². The average molecular weight is 265 g/mol. The lowest BCUT2D eigenvalue weighted by molar-refractivity contribution is -0.116. The Balaban J connectivity index is 2.68. The molecular weight excluding hydrogens is 242 g/mol. The van der Waals surface area contributed by atoms with Crippen LogP contribution >= 0.6 is 0 Å². The molecule has 1 aromatic rings. The van der Waals surface area contributed by atoms with E-state index < -0.39 is 6.10 Å². The normalized spacial score (nSPS) is 12.0. The van der Waals surface area contributed by atoms with Crippen LogP contribution in [0.15, 0.2) is 18.2 Å². The Morgan fingerprint density at radius 3 is 2.84 bits per heavy atom. The predicted molar refractivity (Wildman–Crippen MR) is 76.5 cm³/mol. The molecule has 0 aliphatic carbocycles. The second-order valence-electron chi connectivity index (χ2n) is 4.78. The first-order valence-electron chi connectivity index (χ1n) is 6.74. The Bertz CT molecular complexity index is 416. The first kappa shape index (κ1) is 15.5. The molecule has 4 nitrogen and oxygen atoms in total. The van der Waals surface area contributed by atoms with E-state index in [2.05, 4.69) is 5.32 Å². The molecule has 0 bridgehead atoms. The molecule has 0 saturated carbocycles. The molecule has 1 atom stereocenters. The third-order valence-corrected chi connectivity index (χ3v) is 2.66. The smallest absolute Gasteiger partial charge is 0.224 e. The fourth-order valence-electron chi connectivity index (χ4n) is 1.62. The molecule has 1 aromatic carbocycles. The van der Waals surface area contributed by atoms with Crippen LogP contribution in [0, 0.1) is 6.92 Å². The van der Waals surface area contributed by atoms with Gasteiger partial charge in [-0.2, -0.15) is 0 Å². The highest BCUT2D eigenvalue weighted by molar-refractivity contribution is 5.92. The second kappa shape index (κ2) is 7.79. The van der Waals surface area contributed by atoms with E-state index in [0.29, 0.717) is 30.9 Å². The first-order chi connectivity index (χ1) is 9.02. The SMILES string of the molecule is CCCOc1cc(C)ccc1NC(=O)CCC(C)O. The number of hydrogen-bond acceptors (Lipinski definition) is 3. The Morgan fingerprint density at radius 2 is 2.21 bits per heavy atom. The molecule has 106 valence electrons. The number of hydrogen-bond donors (Lipinski definition) is 2. The van der Waals surface area contributed by atoms with Gasteiger partial charge in [0.2, 0.25) is 5.91 Å². The zero-order valence-corrected chi connectivity index (χ0v) is 11.9. The zero-order valence-electron chi connectivity index (χ0n) is 11.9. The topological polar surface area (TPSA) is 58.6 Å². The molecule has 0 radical (unpaired) electrons. The van der Waals surface area contributed by atoms with Crippen LogP contribution < -0.4 is 10.1 Å². The van der Waals surface area contributed by atoms with E-state index in [1.54, 1.807) is 6.92 Å². The lowest BCUT2D eigenvalue weighted by atomic mass is 10.2. The number of benzene rings is 1. The number of nitrogens with one attached hydrogen (secondary N) is 1. The number of aliphatic hydroxyl groups excluding tert-OH is 1. The summed E-state index contributed by atoms with van der Waals surface area (Å²) in [4.78, 5) is 11.8. The summed E-state index contributed by atoms with van der Waals surface area (Å²) in [7, 11) is 0. The van der Waals surface area contributed by atoms with Crippen LogP contribution in [0.1, 0.15) is 38.7 Å². The quantitative estimate of drug-likeness (QED) is 0.797. The van der Waals surface area contributed by atoms with Gasteiger partial charge in [-0.3, -0.25) is 4.79 Å². The third-order valence-electron chi connectivity index (χ3n) is 2.66. The molecule has 19 heavy (non-hydrogen) atoms. The monoisotopic (exact) mass is 265 g/mol. The minimum atomic E-state index is -0.459. The van der Waals surface area contributed by atoms with Crippen LogP contribution in [0.5, 0.6) is 5.75 Å². The molecule has 0 heterocycles. The van der Waals surface area contributed by atoms with Crippen LogP contribution in [0.3, 0.4) is 0 Å². The fraction of sp³-hybridized carbons (Fsp3) is 0.533. The van der Waals surface area contributed by atoms with E-state index in [-0.39, 0.29) is 5.91 Å². The predicted octanol–water partition coefficient (Wildman–Crippen LogP) is 2.88. The van der Waals surface area contributed by atoms with E-state index >= 15 is 0 Å². The summed E-state index contributed by atoms with van der Waals surface area (Å²) in [6, 6.07) is 5.70. The first-order valence-corrected chi connectivity index (χ1v) is 6.74. The standard InChI is InChI=1S/C15H23NO3/c1-4-9-19-14-10-11(2)5-7-13(14)16-15(18)8-6-12(3)17/h5,7,10,12,17H,4,6,8-9H2,1-3H3,(H,16,18). The van der Waals surface area contributed by atoms with Gasteiger partial charge in [-0.1, -0.05) is 13.0 Å². The molecule has 4 heteroatoms. The van der Waals surface area contributed by atoms with Crippen molar-refractivity contribution >= 4 is 11.6 Å². The summed E-state index contributed by atoms with van der Waals surface area (Å²) in [5.74, 6) is 0.596. The fourth-order valence-corrected chi connectivity index (χ4v) is 1.62. The molecular formula is C15H23NO3. The van der Waals surface area contributed by atoms with Crippen LogP contribution in [0.4, 0.5) is 5.69 Å². The lowest BCUT2D eigenvalue weighted by Crippen LogP contribution is -2.15. The number of carbonyl (C=O) groups is 1. The van der Waals surface area contributed by atoms with Gasteiger partial charge in [0.15, 0.2) is 0 Å². The van der Waals surface area contributed by atoms with Gasteiger partial charge in [0.25, 0.3) is 0 Å². The summed E-state index contributed by atoms with van der Waals surface area (Å²) in [5.41, 5.74) is 1.78. The molecule has 1 rings (SSSR count). The van der Waals surface area contributed by atoms with E-state index in [0.717, 1.165) is 12.0 Å². The van der Waals surface area contributed by atoms with E-state index in [9.17, 15) is 4.79 Å². The van der Waals surface area contributed by atoms with Gasteiger partial charge in [0, 0.05) is 6.42 Å². The van der Waals surface area contributed by atoms with Gasteiger partial charge in [-0.25, -0.2) is 0 Å². The summed E-state index contributed by atoms with van der Waals surface area (Å²) < 4.78 is 5.63. The van der Waals surface area contributed by atoms with Crippen LogP contribution in [0.25, 0.3) is 0 Å². The number of anilines is 1. The highest BCUT2D eigenvalue weighted by atomic mass is 16.5. The van der Waals surface area contributed by atoms with Gasteiger partial charge in [0.1, 0.15) is 5.75 Å². The number of amides is 1. The average Bonchev–Trinajstić information content (AvgIpc) is 2.36. The zero-order chi connectivity index (χ0) is 14.3. The Hall–Kier alpha value is -1.55. The van der Waals surface area contributed by atoms with Crippen molar-refractivity contribution in [2.24, 2.45) is 0 Å². The second-order valence-corrected chi connectivity index (χ2v) is 4.78. The van der Waals surface area contributed by atoms with Crippen molar-refractivity contribution in [1.82, 2.24) is 0 Å². The Labute approximate surface area is 114 Å². The number of ether oxygens (including phenoxy) is 1. The number of carbonyl (C=O) groups excluding carboxylic acids is 1. The number of aryl methyl sites for hydroxylation is 1. The number of rotatable bonds is 7. The van der Waals surface area contributed by atoms with Crippen molar-refractivity contribution in [3.63, 3.8) is 0 Å². The van der Waals surface area contributed by atoms with Crippen molar-refractivity contribution in [3.05, 3.63) is 23.8 Å². The maximum atomic E-state index is 11.8. The van der Waals surface area contributed by atoms with Crippen molar-refractivity contribution in [2.45, 2.75) is 46.1 Å². The highest BCUT2D eigenvalue weighted by Gasteiger charge is 2.09. The lowest BCUT2D eigenvalue weighted by Gasteiger charge is -2.13. The minimum absolute atomic E-state index is 0.105. The summed E-state index contributed by atoms with van der Waals surface area (Å²) in [6.07, 6.45) is 1.23. The third kappa shape index (κ3) is 5.75. The van der Waals surface area contributed by atoms with Gasteiger partial charge < -0.3 is 15.2 Å². The molecule has 2 N–H and O–H groups in total. The van der Waals surface area contributed by atoms with E-state index in [4.69, 9.17) is 9.84 Å². The molecule has 0 spiro atoms. The minimum Gasteiger partial charge on any atom is -0.491 e. The summed E-state index contributed by atoms with van der Waals surface area (Å²) in [6.45, 7) is 6.32. The maximum Gasteiger partial charge on any atom is 0.224 e. The van der Waals surface area contributed by atoms with Crippen molar-refractivity contribution in [2.75, 3.05) is 11.9 Å². The van der Waals surface area contributed by atoms with Crippen molar-refractivity contribution < 1.29 is 14.6 Å². The van der Waals surface area contributed by atoms with E-state index in [1.807, 2.05) is 32.0 Å². The summed E-state index contributed by atoms with van der Waals surface area (Å²) in [5, 5.41) is 12.0. The molecule has 1 amide bonds. The van der Waals surface area contributed by atoms with Crippen LogP contribution in [-0.4, -0.2) is 23.7 Å².